The monoisotopic (exact) mass is 277 g/mol. The fourth-order valence-electron chi connectivity index (χ4n) is 2.22. The molecule has 1 aromatic carbocycles. The number of urea groups is 1. The van der Waals surface area contributed by atoms with Crippen molar-refractivity contribution in [2.75, 3.05) is 12.0 Å². The number of benzene rings is 1. The largest absolute Gasteiger partial charge is 0.385 e. The van der Waals surface area contributed by atoms with E-state index < -0.39 is 0 Å². The molecule has 4 nitrogen and oxygen atoms in total. The topological polar surface area (TPSA) is 58.7 Å². The molecule has 1 atom stereocenters. The lowest BCUT2D eigenvalue weighted by Crippen LogP contribution is -2.40. The van der Waals surface area contributed by atoms with Crippen LogP contribution in [0.1, 0.15) is 18.4 Å². The van der Waals surface area contributed by atoms with E-state index in [1.54, 1.807) is 4.90 Å². The Balaban J connectivity index is 2.02. The number of aliphatic imine (C=N–C) groups is 1. The van der Waals surface area contributed by atoms with Gasteiger partial charge in [-0.25, -0.2) is 4.79 Å². The zero-order valence-corrected chi connectivity index (χ0v) is 11.9. The number of carbonyl (C=O) groups is 1. The van der Waals surface area contributed by atoms with Gasteiger partial charge in [0.05, 0.1) is 6.04 Å². The van der Waals surface area contributed by atoms with Crippen molar-refractivity contribution in [3.05, 3.63) is 35.9 Å². The summed E-state index contributed by atoms with van der Waals surface area (Å²) in [6.07, 6.45) is 4.01. The molecule has 1 heterocycles. The fraction of sp³-hybridized carbons (Fsp3) is 0.429. The van der Waals surface area contributed by atoms with Crippen LogP contribution in [0.3, 0.4) is 0 Å². The van der Waals surface area contributed by atoms with Crippen molar-refractivity contribution in [3.8, 4) is 0 Å². The molecule has 0 spiro atoms. The van der Waals surface area contributed by atoms with Crippen LogP contribution in [0.15, 0.2) is 35.3 Å². The fourth-order valence-corrected chi connectivity index (χ4v) is 2.68. The van der Waals surface area contributed by atoms with Crippen molar-refractivity contribution < 1.29 is 4.79 Å². The molecule has 19 heavy (non-hydrogen) atoms. The Morgan fingerprint density at radius 2 is 2.11 bits per heavy atom. The average molecular weight is 277 g/mol. The summed E-state index contributed by atoms with van der Waals surface area (Å²) in [5, 5.41) is 0. The number of amides is 2. The van der Waals surface area contributed by atoms with E-state index in [2.05, 4.69) is 11.2 Å². The Hall–Kier alpha value is -1.49. The summed E-state index contributed by atoms with van der Waals surface area (Å²) in [7, 11) is 0. The Labute approximate surface area is 118 Å². The van der Waals surface area contributed by atoms with Gasteiger partial charge < -0.3 is 10.6 Å². The van der Waals surface area contributed by atoms with E-state index >= 15 is 0 Å². The zero-order valence-electron chi connectivity index (χ0n) is 11.1. The van der Waals surface area contributed by atoms with Crippen LogP contribution >= 0.6 is 11.8 Å². The Bertz CT molecular complexity index is 461. The van der Waals surface area contributed by atoms with Gasteiger partial charge in [0.2, 0.25) is 0 Å². The number of hydrogen-bond donors (Lipinski definition) is 1. The highest BCUT2D eigenvalue weighted by atomic mass is 32.2. The van der Waals surface area contributed by atoms with Gasteiger partial charge >= 0.3 is 6.03 Å². The van der Waals surface area contributed by atoms with Gasteiger partial charge in [-0.05, 0) is 30.4 Å². The number of thioether (sulfide) groups is 1. The average Bonchev–Trinajstić information content (AvgIpc) is 2.67. The maximum Gasteiger partial charge on any atom is 0.346 e. The summed E-state index contributed by atoms with van der Waals surface area (Å²) < 4.78 is 0. The molecule has 0 saturated heterocycles. The SMILES string of the molecule is CSCCCC1C(N)=NC(=O)N1Cc1ccccc1. The molecule has 1 aliphatic rings. The summed E-state index contributed by atoms with van der Waals surface area (Å²) in [6, 6.07) is 9.69. The molecular formula is C14H19N3OS. The summed E-state index contributed by atoms with van der Waals surface area (Å²) in [5.41, 5.74) is 6.98. The second-order valence-corrected chi connectivity index (χ2v) is 5.57. The molecule has 0 aliphatic carbocycles. The van der Waals surface area contributed by atoms with Gasteiger partial charge in [0.25, 0.3) is 0 Å². The first-order valence-electron chi connectivity index (χ1n) is 6.40. The normalized spacial score (nSPS) is 18.8. The lowest BCUT2D eigenvalue weighted by molar-refractivity contribution is 0.201. The highest BCUT2D eigenvalue weighted by Crippen LogP contribution is 2.19. The van der Waals surface area contributed by atoms with Crippen LogP contribution in [0.5, 0.6) is 0 Å². The summed E-state index contributed by atoms with van der Waals surface area (Å²) in [4.78, 5) is 17.6. The van der Waals surface area contributed by atoms with Gasteiger partial charge in [-0.3, -0.25) is 0 Å². The van der Waals surface area contributed by atoms with E-state index in [0.29, 0.717) is 12.4 Å². The van der Waals surface area contributed by atoms with Gasteiger partial charge in [0.1, 0.15) is 5.84 Å². The molecule has 2 N–H and O–H groups in total. The van der Waals surface area contributed by atoms with E-state index in [1.807, 2.05) is 42.1 Å². The molecule has 2 amide bonds. The van der Waals surface area contributed by atoms with Crippen LogP contribution in [0.4, 0.5) is 4.79 Å². The maximum absolute atomic E-state index is 11.9. The molecule has 2 rings (SSSR count). The third kappa shape index (κ3) is 3.50. The third-order valence-corrected chi connectivity index (χ3v) is 3.91. The van der Waals surface area contributed by atoms with E-state index in [9.17, 15) is 4.79 Å². The molecule has 5 heteroatoms. The summed E-state index contributed by atoms with van der Waals surface area (Å²) in [5.74, 6) is 1.54. The van der Waals surface area contributed by atoms with Crippen LogP contribution in [0.25, 0.3) is 0 Å². The van der Waals surface area contributed by atoms with E-state index in [4.69, 9.17) is 5.73 Å². The molecule has 1 unspecified atom stereocenters. The Morgan fingerprint density at radius 3 is 2.79 bits per heavy atom. The second kappa shape index (κ2) is 6.61. The predicted molar refractivity (Wildman–Crippen MR) is 80.4 cm³/mol. The Kier molecular flexibility index (Phi) is 4.85. The minimum atomic E-state index is -0.212. The van der Waals surface area contributed by atoms with Gasteiger partial charge in [-0.15, -0.1) is 0 Å². The van der Waals surface area contributed by atoms with Crippen molar-refractivity contribution in [1.29, 1.82) is 0 Å². The maximum atomic E-state index is 11.9. The third-order valence-electron chi connectivity index (χ3n) is 3.21. The van der Waals surface area contributed by atoms with Crippen molar-refractivity contribution in [1.82, 2.24) is 4.90 Å². The van der Waals surface area contributed by atoms with Crippen LogP contribution in [0, 0.1) is 0 Å². The van der Waals surface area contributed by atoms with Gasteiger partial charge in [-0.2, -0.15) is 16.8 Å². The number of amidine groups is 1. The quantitative estimate of drug-likeness (QED) is 0.813. The van der Waals surface area contributed by atoms with Crippen molar-refractivity contribution in [2.45, 2.75) is 25.4 Å². The molecule has 0 saturated carbocycles. The second-order valence-electron chi connectivity index (χ2n) is 4.58. The molecule has 0 fully saturated rings. The van der Waals surface area contributed by atoms with Gasteiger partial charge in [0, 0.05) is 6.54 Å². The minimum Gasteiger partial charge on any atom is -0.385 e. The van der Waals surface area contributed by atoms with E-state index in [1.165, 1.54) is 0 Å². The first-order chi connectivity index (χ1) is 9.22. The van der Waals surface area contributed by atoms with E-state index in [0.717, 1.165) is 24.2 Å². The van der Waals surface area contributed by atoms with Crippen LogP contribution in [0.2, 0.25) is 0 Å². The predicted octanol–water partition coefficient (Wildman–Crippen LogP) is 2.49. The smallest absolute Gasteiger partial charge is 0.346 e. The van der Waals surface area contributed by atoms with Crippen LogP contribution in [-0.2, 0) is 6.54 Å². The number of nitrogens with two attached hydrogens (primary N) is 1. The van der Waals surface area contributed by atoms with Crippen molar-refractivity contribution in [2.24, 2.45) is 10.7 Å². The van der Waals surface area contributed by atoms with Crippen LogP contribution in [-0.4, -0.2) is 34.8 Å². The molecule has 1 aliphatic heterocycles. The van der Waals surface area contributed by atoms with Crippen molar-refractivity contribution >= 4 is 23.6 Å². The lowest BCUT2D eigenvalue weighted by atomic mass is 10.1. The Morgan fingerprint density at radius 1 is 1.37 bits per heavy atom. The molecule has 102 valence electrons. The summed E-state index contributed by atoms with van der Waals surface area (Å²) in [6.45, 7) is 0.577. The molecule has 0 bridgehead atoms. The van der Waals surface area contributed by atoms with Gasteiger partial charge in [-0.1, -0.05) is 30.3 Å². The minimum absolute atomic E-state index is 0.0418. The molecular weight excluding hydrogens is 258 g/mol. The summed E-state index contributed by atoms with van der Waals surface area (Å²) >= 11 is 1.81. The number of hydrogen-bond acceptors (Lipinski definition) is 3. The van der Waals surface area contributed by atoms with Crippen molar-refractivity contribution in [3.63, 3.8) is 0 Å². The number of carbonyl (C=O) groups excluding carboxylic acids is 1. The van der Waals surface area contributed by atoms with Crippen LogP contribution < -0.4 is 5.73 Å². The van der Waals surface area contributed by atoms with Gasteiger partial charge in [0.15, 0.2) is 0 Å². The lowest BCUT2D eigenvalue weighted by Gasteiger charge is -2.24. The highest BCUT2D eigenvalue weighted by Gasteiger charge is 2.32. The molecule has 0 radical (unpaired) electrons. The molecule has 1 aromatic rings. The van der Waals surface area contributed by atoms with E-state index in [-0.39, 0.29) is 12.1 Å². The zero-order chi connectivity index (χ0) is 13.7. The number of rotatable bonds is 6. The first kappa shape index (κ1) is 13.9. The first-order valence-corrected chi connectivity index (χ1v) is 7.79. The number of nitrogens with zero attached hydrogens (tertiary/aromatic N) is 2. The standard InChI is InChI=1S/C14H19N3OS/c1-19-9-5-8-12-13(15)16-14(18)17(12)10-11-6-3-2-4-7-11/h2-4,6-7,12H,5,8-10H2,1H3,(H2,15,16,18). The molecule has 0 aromatic heterocycles. The highest BCUT2D eigenvalue weighted by molar-refractivity contribution is 7.98.